The molecule has 1 amide bonds. The van der Waals surface area contributed by atoms with Crippen LogP contribution in [0.15, 0.2) is 60.7 Å². The van der Waals surface area contributed by atoms with Gasteiger partial charge in [-0.2, -0.15) is 0 Å². The van der Waals surface area contributed by atoms with Crippen molar-refractivity contribution in [2.75, 3.05) is 13.6 Å². The number of allylic oxidation sites excluding steroid dienone is 2. The molecule has 0 saturated carbocycles. The quantitative estimate of drug-likeness (QED) is 0.677. The van der Waals surface area contributed by atoms with E-state index in [-0.39, 0.29) is 5.91 Å². The van der Waals surface area contributed by atoms with Crippen molar-refractivity contribution >= 4 is 34.7 Å². The summed E-state index contributed by atoms with van der Waals surface area (Å²) >= 11 is 12.0. The molecule has 4 nitrogen and oxygen atoms in total. The van der Waals surface area contributed by atoms with Crippen LogP contribution in [0.2, 0.25) is 10.0 Å². The summed E-state index contributed by atoms with van der Waals surface area (Å²) in [5.41, 5.74) is 1.80. The minimum atomic E-state index is -0.431. The van der Waals surface area contributed by atoms with Crippen LogP contribution >= 0.6 is 23.2 Å². The van der Waals surface area contributed by atoms with Gasteiger partial charge in [-0.1, -0.05) is 53.6 Å². The Bertz CT molecular complexity index is 923. The molecule has 6 heteroatoms. The summed E-state index contributed by atoms with van der Waals surface area (Å²) in [6, 6.07) is 13.0. The number of hydrogen-bond donors (Lipinski definition) is 2. The van der Waals surface area contributed by atoms with E-state index < -0.39 is 5.54 Å². The summed E-state index contributed by atoms with van der Waals surface area (Å²) in [6.45, 7) is 2.19. The zero-order chi connectivity index (χ0) is 20.1. The van der Waals surface area contributed by atoms with E-state index in [2.05, 4.69) is 16.7 Å². The van der Waals surface area contributed by atoms with Crippen molar-refractivity contribution in [1.29, 1.82) is 0 Å². The number of rotatable bonds is 6. The van der Waals surface area contributed by atoms with E-state index in [4.69, 9.17) is 27.9 Å². The van der Waals surface area contributed by atoms with Gasteiger partial charge in [-0.3, -0.25) is 4.79 Å². The molecule has 1 unspecified atom stereocenters. The first-order chi connectivity index (χ1) is 13.4. The Hall–Kier alpha value is -2.27. The lowest BCUT2D eigenvalue weighted by molar-refractivity contribution is -0.120. The minimum Gasteiger partial charge on any atom is -0.457 e. The van der Waals surface area contributed by atoms with Gasteiger partial charge in [-0.05, 0) is 42.4 Å². The normalized spacial score (nSPS) is 18.5. The smallest absolute Gasteiger partial charge is 0.217 e. The molecule has 2 N–H and O–H groups in total. The molecule has 0 fully saturated rings. The third kappa shape index (κ3) is 4.96. The highest BCUT2D eigenvalue weighted by Crippen LogP contribution is 2.33. The molecule has 2 aromatic rings. The molecule has 0 radical (unpaired) electrons. The van der Waals surface area contributed by atoms with Crippen LogP contribution in [0.4, 0.5) is 0 Å². The highest BCUT2D eigenvalue weighted by Gasteiger charge is 2.30. The van der Waals surface area contributed by atoms with Crippen molar-refractivity contribution in [3.8, 4) is 11.5 Å². The molecule has 28 heavy (non-hydrogen) atoms. The molecule has 146 valence electrons. The molecular weight excluding hydrogens is 395 g/mol. The number of halogens is 2. The van der Waals surface area contributed by atoms with Crippen LogP contribution in [0.25, 0.3) is 5.57 Å². The van der Waals surface area contributed by atoms with E-state index >= 15 is 0 Å². The van der Waals surface area contributed by atoms with E-state index in [1.54, 1.807) is 25.1 Å². The molecule has 1 aliphatic carbocycles. The fraction of sp³-hybridized carbons (Fsp3) is 0.227. The summed E-state index contributed by atoms with van der Waals surface area (Å²) in [5, 5.41) is 7.18. The Morgan fingerprint density at radius 1 is 1.11 bits per heavy atom. The number of nitrogens with one attached hydrogen (secondary N) is 2. The SMILES string of the molecule is CNCC1(NC(C)=O)C=CC=C(c2ccc(Oc3ccc(Cl)c(Cl)c3)cc2)C1. The van der Waals surface area contributed by atoms with Gasteiger partial charge in [0.15, 0.2) is 0 Å². The molecule has 0 spiro atoms. The van der Waals surface area contributed by atoms with Crippen molar-refractivity contribution in [1.82, 2.24) is 10.6 Å². The third-order valence-corrected chi connectivity index (χ3v) is 5.23. The maximum absolute atomic E-state index is 11.7. The minimum absolute atomic E-state index is 0.0495. The topological polar surface area (TPSA) is 50.4 Å². The Morgan fingerprint density at radius 2 is 1.82 bits per heavy atom. The predicted molar refractivity (Wildman–Crippen MR) is 115 cm³/mol. The predicted octanol–water partition coefficient (Wildman–Crippen LogP) is 5.22. The number of carbonyl (C=O) groups excluding carboxylic acids is 1. The van der Waals surface area contributed by atoms with E-state index in [0.29, 0.717) is 34.5 Å². The van der Waals surface area contributed by atoms with Gasteiger partial charge < -0.3 is 15.4 Å². The highest BCUT2D eigenvalue weighted by molar-refractivity contribution is 6.42. The monoisotopic (exact) mass is 416 g/mol. The van der Waals surface area contributed by atoms with Crippen LogP contribution in [0.5, 0.6) is 11.5 Å². The number of ether oxygens (including phenoxy) is 1. The number of carbonyl (C=O) groups is 1. The molecule has 0 bridgehead atoms. The van der Waals surface area contributed by atoms with Crippen molar-refractivity contribution in [3.63, 3.8) is 0 Å². The van der Waals surface area contributed by atoms with E-state index in [9.17, 15) is 4.79 Å². The second kappa shape index (κ2) is 8.82. The van der Waals surface area contributed by atoms with Gasteiger partial charge in [0.2, 0.25) is 5.91 Å². The van der Waals surface area contributed by atoms with Gasteiger partial charge in [-0.25, -0.2) is 0 Å². The van der Waals surface area contributed by atoms with Crippen LogP contribution in [0.1, 0.15) is 18.9 Å². The van der Waals surface area contributed by atoms with Gasteiger partial charge in [-0.15, -0.1) is 0 Å². The summed E-state index contributed by atoms with van der Waals surface area (Å²) in [4.78, 5) is 11.7. The molecule has 3 rings (SSSR count). The lowest BCUT2D eigenvalue weighted by atomic mass is 9.83. The van der Waals surface area contributed by atoms with Crippen molar-refractivity contribution in [2.24, 2.45) is 0 Å². The first kappa shape index (κ1) is 20.5. The highest BCUT2D eigenvalue weighted by atomic mass is 35.5. The second-order valence-corrected chi connectivity index (χ2v) is 7.61. The summed E-state index contributed by atoms with van der Waals surface area (Å²) < 4.78 is 5.85. The van der Waals surface area contributed by atoms with Crippen LogP contribution in [-0.2, 0) is 4.79 Å². The summed E-state index contributed by atoms with van der Waals surface area (Å²) in [6.07, 6.45) is 6.81. The van der Waals surface area contributed by atoms with Crippen LogP contribution in [0.3, 0.4) is 0 Å². The summed E-state index contributed by atoms with van der Waals surface area (Å²) in [7, 11) is 1.88. The van der Waals surface area contributed by atoms with E-state index in [1.165, 1.54) is 0 Å². The van der Waals surface area contributed by atoms with Gasteiger partial charge in [0.25, 0.3) is 0 Å². The van der Waals surface area contributed by atoms with Gasteiger partial charge in [0.05, 0.1) is 15.6 Å². The van der Waals surface area contributed by atoms with Gasteiger partial charge in [0, 0.05) is 26.0 Å². The number of likely N-dealkylation sites (N-methyl/N-ethyl adjacent to an activating group) is 1. The zero-order valence-corrected chi connectivity index (χ0v) is 17.3. The molecule has 1 aliphatic rings. The van der Waals surface area contributed by atoms with Crippen LogP contribution in [-0.4, -0.2) is 25.0 Å². The average Bonchev–Trinajstić information content (AvgIpc) is 2.65. The van der Waals surface area contributed by atoms with Gasteiger partial charge in [0.1, 0.15) is 11.5 Å². The number of benzene rings is 2. The Labute approximate surface area is 175 Å². The standard InChI is InChI=1S/C22H22Cl2N2O2/c1-15(27)26-22(14-25-2)11-3-4-17(13-22)16-5-7-18(8-6-16)28-19-9-10-20(23)21(24)12-19/h3-12,25H,13-14H2,1-2H3,(H,26,27). The molecule has 0 saturated heterocycles. The fourth-order valence-electron chi connectivity index (χ4n) is 3.34. The zero-order valence-electron chi connectivity index (χ0n) is 15.8. The lowest BCUT2D eigenvalue weighted by Gasteiger charge is -2.34. The average molecular weight is 417 g/mol. The summed E-state index contributed by atoms with van der Waals surface area (Å²) in [5.74, 6) is 1.28. The van der Waals surface area contributed by atoms with E-state index in [1.807, 2.05) is 43.5 Å². The molecule has 0 aromatic heterocycles. The molecule has 0 aliphatic heterocycles. The third-order valence-electron chi connectivity index (χ3n) is 4.49. The van der Waals surface area contributed by atoms with Crippen molar-refractivity contribution < 1.29 is 9.53 Å². The Morgan fingerprint density at radius 3 is 2.46 bits per heavy atom. The second-order valence-electron chi connectivity index (χ2n) is 6.80. The molecule has 1 atom stereocenters. The maximum Gasteiger partial charge on any atom is 0.217 e. The van der Waals surface area contributed by atoms with Crippen molar-refractivity contribution in [3.05, 3.63) is 76.3 Å². The first-order valence-corrected chi connectivity index (χ1v) is 9.71. The van der Waals surface area contributed by atoms with E-state index in [0.717, 1.165) is 11.1 Å². The first-order valence-electron chi connectivity index (χ1n) is 8.96. The van der Waals surface area contributed by atoms with Crippen molar-refractivity contribution in [2.45, 2.75) is 18.9 Å². The van der Waals surface area contributed by atoms with Crippen LogP contribution in [0, 0.1) is 0 Å². The van der Waals surface area contributed by atoms with Gasteiger partial charge >= 0.3 is 0 Å². The Kier molecular flexibility index (Phi) is 6.45. The molecular formula is C22H22Cl2N2O2. The molecule has 0 heterocycles. The number of hydrogen-bond acceptors (Lipinski definition) is 3. The van der Waals surface area contributed by atoms with Crippen LogP contribution < -0.4 is 15.4 Å². The number of amides is 1. The largest absolute Gasteiger partial charge is 0.457 e. The Balaban J connectivity index is 1.75. The molecule has 2 aromatic carbocycles. The fourth-order valence-corrected chi connectivity index (χ4v) is 3.62. The lowest BCUT2D eigenvalue weighted by Crippen LogP contribution is -2.53. The maximum atomic E-state index is 11.7.